The molecule has 0 radical (unpaired) electrons. The van der Waals surface area contributed by atoms with Gasteiger partial charge in [-0.1, -0.05) is 18.2 Å². The molecule has 0 aromatic heterocycles. The lowest BCUT2D eigenvalue weighted by Gasteiger charge is -2.20. The summed E-state index contributed by atoms with van der Waals surface area (Å²) in [6, 6.07) is 7.96. The number of benzene rings is 1. The van der Waals surface area contributed by atoms with Gasteiger partial charge in [-0.3, -0.25) is 0 Å². The van der Waals surface area contributed by atoms with Gasteiger partial charge in [-0.2, -0.15) is 0 Å². The monoisotopic (exact) mass is 162 g/mol. The fourth-order valence-corrected chi connectivity index (χ4v) is 1.96. The van der Waals surface area contributed by atoms with Gasteiger partial charge in [-0.05, 0) is 12.5 Å². The van der Waals surface area contributed by atoms with Crippen molar-refractivity contribution in [1.29, 1.82) is 0 Å². The van der Waals surface area contributed by atoms with Crippen molar-refractivity contribution in [2.24, 2.45) is 0 Å². The van der Waals surface area contributed by atoms with E-state index >= 15 is 0 Å². The molecule has 3 rings (SSSR count). The van der Waals surface area contributed by atoms with Crippen LogP contribution in [0, 0.1) is 0 Å². The van der Waals surface area contributed by atoms with Crippen LogP contribution in [0.1, 0.15) is 17.9 Å². The lowest BCUT2D eigenvalue weighted by molar-refractivity contribution is 0.0693. The molecule has 1 heterocycles. The van der Waals surface area contributed by atoms with Crippen LogP contribution < -0.4 is 4.74 Å². The van der Waals surface area contributed by atoms with Crippen molar-refractivity contribution in [2.45, 2.75) is 17.9 Å². The molecule has 2 heteroatoms. The fraction of sp³-hybridized carbons (Fsp3) is 0.400. The van der Waals surface area contributed by atoms with Gasteiger partial charge in [0.25, 0.3) is 0 Å². The van der Waals surface area contributed by atoms with Crippen LogP contribution in [0.2, 0.25) is 0 Å². The molecule has 1 aromatic carbocycles. The third kappa shape index (κ3) is 0.681. The average molecular weight is 162 g/mol. The molecular weight excluding hydrogens is 152 g/mol. The smallest absolute Gasteiger partial charge is 0.123 e. The Hall–Kier alpha value is -1.02. The van der Waals surface area contributed by atoms with Gasteiger partial charge in [0, 0.05) is 11.5 Å². The van der Waals surface area contributed by atoms with Crippen LogP contribution >= 0.6 is 0 Å². The summed E-state index contributed by atoms with van der Waals surface area (Å²) >= 11 is 0. The Kier molecular flexibility index (Phi) is 0.989. The summed E-state index contributed by atoms with van der Waals surface area (Å²) in [5.74, 6) is 1.28. The van der Waals surface area contributed by atoms with E-state index in [9.17, 15) is 5.11 Å². The highest BCUT2D eigenvalue weighted by Gasteiger charge is 2.57. The maximum Gasteiger partial charge on any atom is 0.123 e. The van der Waals surface area contributed by atoms with Gasteiger partial charge in [-0.25, -0.2) is 0 Å². The average Bonchev–Trinajstić information content (AvgIpc) is 2.78. The number of fused-ring (bicyclic) bond motifs is 3. The number of hydrogen-bond donors (Lipinski definition) is 1. The second-order valence-corrected chi connectivity index (χ2v) is 3.69. The van der Waals surface area contributed by atoms with E-state index in [1.807, 2.05) is 24.3 Å². The van der Waals surface area contributed by atoms with Gasteiger partial charge in [0.2, 0.25) is 0 Å². The first-order valence-electron chi connectivity index (χ1n) is 4.24. The highest BCUT2D eigenvalue weighted by Crippen LogP contribution is 2.56. The summed E-state index contributed by atoms with van der Waals surface area (Å²) in [6.45, 7) is 0.467. The normalized spacial score (nSPS) is 36.2. The summed E-state index contributed by atoms with van der Waals surface area (Å²) in [7, 11) is 0. The summed E-state index contributed by atoms with van der Waals surface area (Å²) in [6.07, 6.45) is 0.865. The summed E-state index contributed by atoms with van der Waals surface area (Å²) in [5.41, 5.74) is 0.639. The number of para-hydroxylation sites is 1. The van der Waals surface area contributed by atoms with Crippen LogP contribution in [0.5, 0.6) is 5.75 Å². The topological polar surface area (TPSA) is 29.5 Å². The minimum atomic E-state index is -0.533. The standard InChI is InChI=1S/C10H10O2/c11-10-5-8(10)7-3-1-2-4-9(7)12-6-10/h1-4,8,11H,5-6H2. The molecule has 0 bridgehead atoms. The first-order valence-corrected chi connectivity index (χ1v) is 4.24. The lowest BCUT2D eigenvalue weighted by atomic mass is 10.0. The molecule has 62 valence electrons. The Morgan fingerprint density at radius 2 is 2.25 bits per heavy atom. The van der Waals surface area contributed by atoms with Crippen LogP contribution in [-0.4, -0.2) is 17.3 Å². The number of ether oxygens (including phenoxy) is 1. The molecule has 0 saturated heterocycles. The summed E-state index contributed by atoms with van der Waals surface area (Å²) < 4.78 is 5.43. The number of rotatable bonds is 0. The van der Waals surface area contributed by atoms with Gasteiger partial charge in [-0.15, -0.1) is 0 Å². The largest absolute Gasteiger partial charge is 0.490 e. The highest BCUT2D eigenvalue weighted by molar-refractivity contribution is 5.45. The van der Waals surface area contributed by atoms with Crippen LogP contribution in [0.4, 0.5) is 0 Å². The molecule has 1 fully saturated rings. The molecule has 1 aromatic rings. The van der Waals surface area contributed by atoms with E-state index in [0.29, 0.717) is 12.5 Å². The van der Waals surface area contributed by atoms with Gasteiger partial charge in [0.15, 0.2) is 0 Å². The molecule has 2 atom stereocenters. The Morgan fingerprint density at radius 3 is 3.17 bits per heavy atom. The molecule has 2 unspecified atom stereocenters. The molecule has 2 nitrogen and oxygen atoms in total. The SMILES string of the molecule is OC12COc3ccccc3C1C2. The zero-order valence-corrected chi connectivity index (χ0v) is 6.66. The molecule has 0 amide bonds. The van der Waals surface area contributed by atoms with Crippen molar-refractivity contribution in [3.8, 4) is 5.75 Å². The third-order valence-corrected chi connectivity index (χ3v) is 2.82. The van der Waals surface area contributed by atoms with Crippen molar-refractivity contribution in [2.75, 3.05) is 6.61 Å². The summed E-state index contributed by atoms with van der Waals surface area (Å²) in [5, 5.41) is 9.77. The molecule has 1 aliphatic carbocycles. The maximum absolute atomic E-state index is 9.77. The van der Waals surface area contributed by atoms with Crippen LogP contribution in [0.15, 0.2) is 24.3 Å². The van der Waals surface area contributed by atoms with Gasteiger partial charge < -0.3 is 9.84 Å². The van der Waals surface area contributed by atoms with E-state index in [-0.39, 0.29) is 0 Å². The van der Waals surface area contributed by atoms with Crippen molar-refractivity contribution in [3.05, 3.63) is 29.8 Å². The minimum Gasteiger partial charge on any atom is -0.490 e. The second-order valence-electron chi connectivity index (χ2n) is 3.69. The minimum absolute atomic E-state index is 0.336. The van der Waals surface area contributed by atoms with Crippen molar-refractivity contribution in [3.63, 3.8) is 0 Å². The van der Waals surface area contributed by atoms with Gasteiger partial charge in [0.05, 0.1) is 0 Å². The van der Waals surface area contributed by atoms with Gasteiger partial charge in [0.1, 0.15) is 18.0 Å². The van der Waals surface area contributed by atoms with E-state index in [4.69, 9.17) is 4.74 Å². The molecule has 1 saturated carbocycles. The predicted molar refractivity (Wildman–Crippen MR) is 44.2 cm³/mol. The predicted octanol–water partition coefficient (Wildman–Crippen LogP) is 1.30. The van der Waals surface area contributed by atoms with E-state index in [1.165, 1.54) is 5.56 Å². The van der Waals surface area contributed by atoms with E-state index in [0.717, 1.165) is 12.2 Å². The molecular formula is C10H10O2. The first-order chi connectivity index (χ1) is 5.80. The fourth-order valence-electron chi connectivity index (χ4n) is 1.96. The Bertz CT molecular complexity index is 334. The van der Waals surface area contributed by atoms with Crippen molar-refractivity contribution >= 4 is 0 Å². The van der Waals surface area contributed by atoms with Crippen molar-refractivity contribution in [1.82, 2.24) is 0 Å². The molecule has 0 spiro atoms. The van der Waals surface area contributed by atoms with Crippen LogP contribution in [-0.2, 0) is 0 Å². The third-order valence-electron chi connectivity index (χ3n) is 2.82. The van der Waals surface area contributed by atoms with Crippen molar-refractivity contribution < 1.29 is 9.84 Å². The Labute approximate surface area is 70.8 Å². The molecule has 2 aliphatic rings. The number of aliphatic hydroxyl groups is 1. The first kappa shape index (κ1) is 6.49. The van der Waals surface area contributed by atoms with Crippen LogP contribution in [0.3, 0.4) is 0 Å². The molecule has 1 aliphatic heterocycles. The van der Waals surface area contributed by atoms with E-state index in [1.54, 1.807) is 0 Å². The van der Waals surface area contributed by atoms with Gasteiger partial charge >= 0.3 is 0 Å². The highest BCUT2D eigenvalue weighted by atomic mass is 16.5. The lowest BCUT2D eigenvalue weighted by Crippen LogP contribution is -2.25. The molecule has 1 N–H and O–H groups in total. The quantitative estimate of drug-likeness (QED) is 0.623. The number of hydrogen-bond acceptors (Lipinski definition) is 2. The Balaban J connectivity index is 2.12. The Morgan fingerprint density at radius 1 is 1.42 bits per heavy atom. The van der Waals surface area contributed by atoms with E-state index in [2.05, 4.69) is 0 Å². The second kappa shape index (κ2) is 1.83. The maximum atomic E-state index is 9.77. The molecule has 12 heavy (non-hydrogen) atoms. The zero-order chi connectivity index (χ0) is 8.18. The van der Waals surface area contributed by atoms with E-state index < -0.39 is 5.60 Å². The summed E-state index contributed by atoms with van der Waals surface area (Å²) in [4.78, 5) is 0. The van der Waals surface area contributed by atoms with Crippen LogP contribution in [0.25, 0.3) is 0 Å². The zero-order valence-electron chi connectivity index (χ0n) is 6.66.